The minimum atomic E-state index is 0.0335. The van der Waals surface area contributed by atoms with Crippen molar-refractivity contribution in [1.29, 1.82) is 0 Å². The molecule has 1 aliphatic heterocycles. The van der Waals surface area contributed by atoms with E-state index in [0.29, 0.717) is 6.42 Å². The number of aromatic nitrogens is 1. The van der Waals surface area contributed by atoms with Gasteiger partial charge in [-0.05, 0) is 31.0 Å². The molecule has 18 heavy (non-hydrogen) atoms. The molecule has 2 heterocycles. The zero-order valence-electron chi connectivity index (χ0n) is 10.4. The summed E-state index contributed by atoms with van der Waals surface area (Å²) in [7, 11) is 0. The topological polar surface area (TPSA) is 42.0 Å². The van der Waals surface area contributed by atoms with Crippen LogP contribution in [0.4, 0.5) is 5.69 Å². The van der Waals surface area contributed by atoms with E-state index in [0.717, 1.165) is 33.8 Å². The quantitative estimate of drug-likeness (QED) is 0.766. The smallest absolute Gasteiger partial charge is 0.228 e. The predicted molar refractivity (Wildman–Crippen MR) is 71.5 cm³/mol. The molecule has 0 bridgehead atoms. The second-order valence-corrected chi connectivity index (χ2v) is 4.65. The first-order valence-electron chi connectivity index (χ1n) is 6.01. The van der Waals surface area contributed by atoms with Crippen molar-refractivity contribution in [2.45, 2.75) is 20.3 Å². The van der Waals surface area contributed by atoms with E-state index in [1.807, 2.05) is 38.1 Å². The van der Waals surface area contributed by atoms with E-state index in [1.54, 1.807) is 0 Å². The number of pyridine rings is 1. The molecule has 0 saturated carbocycles. The van der Waals surface area contributed by atoms with Gasteiger partial charge in [0, 0.05) is 17.0 Å². The van der Waals surface area contributed by atoms with Gasteiger partial charge in [0.2, 0.25) is 5.91 Å². The van der Waals surface area contributed by atoms with Crippen LogP contribution in [0.3, 0.4) is 0 Å². The number of carbonyl (C=O) groups is 1. The fourth-order valence-corrected chi connectivity index (χ4v) is 2.55. The minimum absolute atomic E-state index is 0.0335. The second-order valence-electron chi connectivity index (χ2n) is 4.65. The summed E-state index contributed by atoms with van der Waals surface area (Å²) in [6.45, 7) is 3.93. The highest BCUT2D eigenvalue weighted by Crippen LogP contribution is 2.35. The van der Waals surface area contributed by atoms with Crippen LogP contribution in [-0.4, -0.2) is 10.9 Å². The molecule has 1 aromatic carbocycles. The number of hydrogen-bond donors (Lipinski definition) is 1. The van der Waals surface area contributed by atoms with Gasteiger partial charge >= 0.3 is 0 Å². The summed E-state index contributed by atoms with van der Waals surface area (Å²) in [5, 5.41) is 2.97. The van der Waals surface area contributed by atoms with Gasteiger partial charge in [-0.1, -0.05) is 24.3 Å². The van der Waals surface area contributed by atoms with E-state index < -0.39 is 0 Å². The van der Waals surface area contributed by atoms with Gasteiger partial charge in [-0.3, -0.25) is 9.78 Å². The number of hydrogen-bond acceptors (Lipinski definition) is 2. The average Bonchev–Trinajstić information content (AvgIpc) is 2.43. The van der Waals surface area contributed by atoms with Crippen molar-refractivity contribution in [3.63, 3.8) is 0 Å². The Morgan fingerprint density at radius 3 is 2.83 bits per heavy atom. The van der Waals surface area contributed by atoms with Crippen LogP contribution in [0, 0.1) is 13.8 Å². The summed E-state index contributed by atoms with van der Waals surface area (Å²) in [5.41, 5.74) is 5.96. The van der Waals surface area contributed by atoms with E-state index >= 15 is 0 Å². The maximum atomic E-state index is 11.9. The maximum absolute atomic E-state index is 11.9. The zero-order chi connectivity index (χ0) is 12.7. The fraction of sp³-hybridized carbons (Fsp3) is 0.200. The van der Waals surface area contributed by atoms with Crippen LogP contribution in [0.5, 0.6) is 0 Å². The van der Waals surface area contributed by atoms with Gasteiger partial charge in [-0.25, -0.2) is 0 Å². The van der Waals surface area contributed by atoms with Crippen molar-refractivity contribution in [3.8, 4) is 11.1 Å². The summed E-state index contributed by atoms with van der Waals surface area (Å²) < 4.78 is 0. The fourth-order valence-electron chi connectivity index (χ4n) is 2.55. The molecule has 1 amide bonds. The maximum Gasteiger partial charge on any atom is 0.228 e. The Balaban J connectivity index is 2.35. The van der Waals surface area contributed by atoms with E-state index in [2.05, 4.69) is 16.4 Å². The summed E-state index contributed by atoms with van der Waals surface area (Å²) in [6.07, 6.45) is 0.420. The highest BCUT2D eigenvalue weighted by atomic mass is 16.1. The largest absolute Gasteiger partial charge is 0.325 e. The number of amides is 1. The van der Waals surface area contributed by atoms with Gasteiger partial charge in [0.1, 0.15) is 0 Å². The van der Waals surface area contributed by atoms with Crippen molar-refractivity contribution in [2.75, 3.05) is 5.32 Å². The summed E-state index contributed by atoms with van der Waals surface area (Å²) in [4.78, 5) is 16.4. The van der Waals surface area contributed by atoms with Gasteiger partial charge in [0.05, 0.1) is 12.1 Å². The third kappa shape index (κ3) is 1.68. The number of rotatable bonds is 0. The Kier molecular flexibility index (Phi) is 2.40. The second kappa shape index (κ2) is 3.95. The summed E-state index contributed by atoms with van der Waals surface area (Å²) >= 11 is 0. The molecule has 0 saturated heterocycles. The lowest BCUT2D eigenvalue weighted by molar-refractivity contribution is -0.115. The number of anilines is 1. The first-order valence-corrected chi connectivity index (χ1v) is 6.01. The molecule has 0 atom stereocenters. The third-order valence-corrected chi connectivity index (χ3v) is 3.24. The predicted octanol–water partition coefficient (Wildman–Crippen LogP) is 2.86. The van der Waals surface area contributed by atoms with Crippen molar-refractivity contribution >= 4 is 11.6 Å². The molecule has 3 rings (SSSR count). The zero-order valence-corrected chi connectivity index (χ0v) is 10.4. The van der Waals surface area contributed by atoms with E-state index in [1.165, 1.54) is 0 Å². The lowest BCUT2D eigenvalue weighted by Crippen LogP contribution is -2.12. The molecular weight excluding hydrogens is 224 g/mol. The van der Waals surface area contributed by atoms with E-state index in [9.17, 15) is 4.79 Å². The Labute approximate surface area is 106 Å². The van der Waals surface area contributed by atoms with E-state index in [4.69, 9.17) is 0 Å². The summed E-state index contributed by atoms with van der Waals surface area (Å²) in [5.74, 6) is 0.0335. The van der Waals surface area contributed by atoms with E-state index in [-0.39, 0.29) is 5.91 Å². The normalized spacial score (nSPS) is 13.3. The van der Waals surface area contributed by atoms with Gasteiger partial charge in [-0.2, -0.15) is 0 Å². The lowest BCUT2D eigenvalue weighted by atomic mass is 9.96. The van der Waals surface area contributed by atoms with Crippen LogP contribution in [-0.2, 0) is 11.2 Å². The Bertz CT molecular complexity index is 647. The van der Waals surface area contributed by atoms with Crippen LogP contribution < -0.4 is 5.32 Å². The molecule has 0 unspecified atom stereocenters. The number of carbonyl (C=O) groups excluding carboxylic acids is 1. The molecule has 3 nitrogen and oxygen atoms in total. The first-order chi connectivity index (χ1) is 8.65. The van der Waals surface area contributed by atoms with Gasteiger partial charge in [-0.15, -0.1) is 0 Å². The lowest BCUT2D eigenvalue weighted by Gasteiger charge is -2.12. The number of aryl methyl sites for hydroxylation is 2. The molecule has 2 aromatic rings. The Morgan fingerprint density at radius 1 is 1.22 bits per heavy atom. The van der Waals surface area contributed by atoms with Gasteiger partial charge < -0.3 is 5.32 Å². The van der Waals surface area contributed by atoms with Crippen LogP contribution >= 0.6 is 0 Å². The highest BCUT2D eigenvalue weighted by Gasteiger charge is 2.20. The van der Waals surface area contributed by atoms with Crippen molar-refractivity contribution in [2.24, 2.45) is 0 Å². The first kappa shape index (κ1) is 11.0. The molecule has 1 aromatic heterocycles. The average molecular weight is 238 g/mol. The van der Waals surface area contributed by atoms with Gasteiger partial charge in [0.15, 0.2) is 0 Å². The van der Waals surface area contributed by atoms with Crippen LogP contribution in [0.2, 0.25) is 0 Å². The van der Waals surface area contributed by atoms with Gasteiger partial charge in [0.25, 0.3) is 0 Å². The minimum Gasteiger partial charge on any atom is -0.325 e. The molecular formula is C15H14N2O. The van der Waals surface area contributed by atoms with Crippen LogP contribution in [0.15, 0.2) is 30.3 Å². The molecule has 1 N–H and O–H groups in total. The molecule has 0 fully saturated rings. The number of benzene rings is 1. The molecule has 0 spiro atoms. The molecule has 90 valence electrons. The third-order valence-electron chi connectivity index (χ3n) is 3.24. The van der Waals surface area contributed by atoms with Crippen molar-refractivity contribution in [1.82, 2.24) is 4.98 Å². The number of fused-ring (bicyclic) bond motifs is 3. The standard InChI is InChI=1S/C15H14N2O/c1-9-7-13-15(10(2)16-9)12-6-4-3-5-11(12)8-14(18)17-13/h3-7H,8H2,1-2H3,(H,17,18). The SMILES string of the molecule is Cc1cc2c(c(C)n1)-c1ccccc1CC(=O)N2. The van der Waals surface area contributed by atoms with Crippen LogP contribution in [0.1, 0.15) is 17.0 Å². The molecule has 1 aliphatic rings. The Morgan fingerprint density at radius 2 is 2.00 bits per heavy atom. The van der Waals surface area contributed by atoms with Crippen LogP contribution in [0.25, 0.3) is 11.1 Å². The molecule has 0 radical (unpaired) electrons. The number of nitrogens with one attached hydrogen (secondary N) is 1. The number of nitrogens with zero attached hydrogens (tertiary/aromatic N) is 1. The molecule has 3 heteroatoms. The highest BCUT2D eigenvalue weighted by molar-refractivity contribution is 6.01. The Hall–Kier alpha value is -2.16. The van der Waals surface area contributed by atoms with Crippen molar-refractivity contribution in [3.05, 3.63) is 47.3 Å². The monoisotopic (exact) mass is 238 g/mol. The molecule has 0 aliphatic carbocycles. The van der Waals surface area contributed by atoms with Crippen molar-refractivity contribution < 1.29 is 4.79 Å². The summed E-state index contributed by atoms with van der Waals surface area (Å²) in [6, 6.07) is 9.95.